The molecule has 4 fully saturated rings. The van der Waals surface area contributed by atoms with Crippen molar-refractivity contribution in [2.75, 3.05) is 39.3 Å². The maximum Gasteiger partial charge on any atom is 0.246 e. The van der Waals surface area contributed by atoms with Gasteiger partial charge in [-0.25, -0.2) is 15.2 Å². The van der Waals surface area contributed by atoms with Crippen molar-refractivity contribution < 1.29 is 30.0 Å². The summed E-state index contributed by atoms with van der Waals surface area (Å²) < 4.78 is 0. The van der Waals surface area contributed by atoms with Gasteiger partial charge in [-0.05, 0) is 32.1 Å². The van der Waals surface area contributed by atoms with Crippen LogP contribution < -0.4 is 10.6 Å². The molecule has 0 aliphatic carbocycles. The van der Waals surface area contributed by atoms with Crippen LogP contribution in [0.1, 0.15) is 51.4 Å². The van der Waals surface area contributed by atoms with E-state index in [1.54, 1.807) is 0 Å². The fourth-order valence-electron chi connectivity index (χ4n) is 5.83. The number of nitrogens with one attached hydrogen (secondary N) is 2. The average Bonchev–Trinajstić information content (AvgIpc) is 3.42. The lowest BCUT2D eigenvalue weighted by Gasteiger charge is -2.48. The van der Waals surface area contributed by atoms with Crippen LogP contribution in [0.3, 0.4) is 0 Å². The second-order valence-electron chi connectivity index (χ2n) is 9.80. The lowest BCUT2D eigenvalue weighted by atomic mass is 9.81. The van der Waals surface area contributed by atoms with Crippen LogP contribution in [-0.2, 0) is 14.4 Å². The van der Waals surface area contributed by atoms with Gasteiger partial charge in [0.15, 0.2) is 0 Å². The second kappa shape index (κ2) is 10.2. The first-order chi connectivity index (χ1) is 15.8. The normalized spacial score (nSPS) is 34.8. The van der Waals surface area contributed by atoms with Gasteiger partial charge in [0, 0.05) is 64.1 Å². The first kappa shape index (κ1) is 24.3. The van der Waals surface area contributed by atoms with Gasteiger partial charge in [0.1, 0.15) is 0 Å². The van der Waals surface area contributed by atoms with Crippen molar-refractivity contribution in [1.29, 1.82) is 0 Å². The van der Waals surface area contributed by atoms with E-state index in [-0.39, 0.29) is 48.7 Å². The summed E-state index contributed by atoms with van der Waals surface area (Å²) in [4.78, 5) is 38.3. The minimum Gasteiger partial charge on any atom is -0.314 e. The number of rotatable bonds is 6. The number of nitrogens with zero attached hydrogens (tertiary/aromatic N) is 4. The summed E-state index contributed by atoms with van der Waals surface area (Å²) in [7, 11) is 0. The number of hydrogen-bond acceptors (Lipinski definition) is 9. The molecule has 12 nitrogen and oxygen atoms in total. The smallest absolute Gasteiger partial charge is 0.246 e. The summed E-state index contributed by atoms with van der Waals surface area (Å²) in [5.41, 5.74) is -0.620. The van der Waals surface area contributed by atoms with Crippen molar-refractivity contribution in [2.45, 2.75) is 75.0 Å². The van der Waals surface area contributed by atoms with Crippen LogP contribution in [0.15, 0.2) is 0 Å². The maximum atomic E-state index is 12.1. The van der Waals surface area contributed by atoms with Gasteiger partial charge in [-0.15, -0.1) is 0 Å². The Kier molecular flexibility index (Phi) is 7.51. The Hall–Kier alpha value is -1.83. The van der Waals surface area contributed by atoms with Crippen molar-refractivity contribution in [3.05, 3.63) is 0 Å². The molecule has 3 atom stereocenters. The first-order valence-corrected chi connectivity index (χ1v) is 12.0. The molecule has 186 valence electrons. The van der Waals surface area contributed by atoms with Crippen LogP contribution >= 0.6 is 0 Å². The van der Waals surface area contributed by atoms with Gasteiger partial charge in [0.2, 0.25) is 17.7 Å². The molecule has 4 aliphatic rings. The van der Waals surface area contributed by atoms with E-state index in [2.05, 4.69) is 15.5 Å². The highest BCUT2D eigenvalue weighted by Crippen LogP contribution is 2.37. The summed E-state index contributed by atoms with van der Waals surface area (Å²) in [6, 6.07) is -1.12. The largest absolute Gasteiger partial charge is 0.314 e. The molecule has 4 heterocycles. The molecule has 0 bridgehead atoms. The van der Waals surface area contributed by atoms with Crippen molar-refractivity contribution >= 4 is 17.7 Å². The van der Waals surface area contributed by atoms with Crippen molar-refractivity contribution in [2.24, 2.45) is 0 Å². The Morgan fingerprint density at radius 1 is 0.727 bits per heavy atom. The SMILES string of the molecule is O=C1CCC(CN2CCNCCNCC2(CC2CCC(=O)N2O)CC2CCC(=O)N2O)N1O. The van der Waals surface area contributed by atoms with Crippen molar-refractivity contribution in [3.63, 3.8) is 0 Å². The molecule has 3 unspecified atom stereocenters. The lowest BCUT2D eigenvalue weighted by Crippen LogP contribution is -2.62. The van der Waals surface area contributed by atoms with E-state index < -0.39 is 5.54 Å². The molecule has 4 aliphatic heterocycles. The highest BCUT2D eigenvalue weighted by atomic mass is 16.5. The van der Waals surface area contributed by atoms with Crippen LogP contribution in [0, 0.1) is 0 Å². The Bertz CT molecular complexity index is 721. The van der Waals surface area contributed by atoms with Gasteiger partial charge in [0.05, 0.1) is 18.1 Å². The van der Waals surface area contributed by atoms with Gasteiger partial charge in [0.25, 0.3) is 0 Å². The molecule has 0 spiro atoms. The Balaban J connectivity index is 1.65. The third-order valence-corrected chi connectivity index (χ3v) is 7.70. The third kappa shape index (κ3) is 5.15. The highest BCUT2D eigenvalue weighted by molar-refractivity contribution is 5.78. The molecule has 0 aromatic heterocycles. The lowest BCUT2D eigenvalue weighted by molar-refractivity contribution is -0.176. The minimum absolute atomic E-state index is 0.280. The molecule has 0 radical (unpaired) electrons. The number of carbonyl (C=O) groups is 3. The van der Waals surface area contributed by atoms with Crippen molar-refractivity contribution in [1.82, 2.24) is 30.7 Å². The first-order valence-electron chi connectivity index (χ1n) is 12.0. The predicted molar refractivity (Wildman–Crippen MR) is 114 cm³/mol. The van der Waals surface area contributed by atoms with Gasteiger partial charge in [-0.1, -0.05) is 0 Å². The van der Waals surface area contributed by atoms with Gasteiger partial charge >= 0.3 is 0 Å². The minimum atomic E-state index is -0.620. The quantitative estimate of drug-likeness (QED) is 0.314. The molecular weight excluding hydrogens is 432 g/mol. The van der Waals surface area contributed by atoms with E-state index in [9.17, 15) is 30.0 Å². The average molecular weight is 469 g/mol. The standard InChI is InChI=1S/C21H36N6O6/c28-18-4-1-15(25(18)31)11-21(12-16-2-5-19(29)26(16)32)14-23-8-7-22-9-10-24(21)13-17-3-6-20(30)27(17)33/h15-17,22-23,31-33H,1-14H2. The third-order valence-electron chi connectivity index (χ3n) is 7.70. The molecule has 4 rings (SSSR count). The molecule has 0 aromatic rings. The summed E-state index contributed by atoms with van der Waals surface area (Å²) >= 11 is 0. The van der Waals surface area contributed by atoms with Crippen LogP contribution in [-0.4, -0.2) is 116 Å². The summed E-state index contributed by atoms with van der Waals surface area (Å²) in [5, 5.41) is 40.5. The van der Waals surface area contributed by atoms with Crippen LogP contribution in [0.2, 0.25) is 0 Å². The number of amides is 3. The van der Waals surface area contributed by atoms with E-state index in [1.165, 1.54) is 0 Å². The molecule has 4 saturated heterocycles. The summed E-state index contributed by atoms with van der Waals surface area (Å²) in [6.45, 7) is 3.76. The Labute approximate surface area is 193 Å². The zero-order valence-electron chi connectivity index (χ0n) is 19.0. The molecule has 3 amide bonds. The molecule has 33 heavy (non-hydrogen) atoms. The molecule has 0 aromatic carbocycles. The molecular formula is C21H36N6O6. The molecule has 5 N–H and O–H groups in total. The van der Waals surface area contributed by atoms with Gasteiger partial charge in [-0.2, -0.15) is 0 Å². The predicted octanol–water partition coefficient (Wildman–Crippen LogP) is -0.859. The summed E-state index contributed by atoms with van der Waals surface area (Å²) in [5.74, 6) is -0.902. The van der Waals surface area contributed by atoms with Gasteiger partial charge in [-0.3, -0.25) is 34.9 Å². The molecule has 0 saturated carbocycles. The maximum absolute atomic E-state index is 12.1. The van der Waals surface area contributed by atoms with E-state index in [0.717, 1.165) is 28.3 Å². The molecule has 12 heteroatoms. The fourth-order valence-corrected chi connectivity index (χ4v) is 5.83. The zero-order chi connectivity index (χ0) is 23.6. The van der Waals surface area contributed by atoms with E-state index >= 15 is 0 Å². The summed E-state index contributed by atoms with van der Waals surface area (Å²) in [6.07, 6.45) is 3.36. The van der Waals surface area contributed by atoms with Crippen LogP contribution in [0.4, 0.5) is 0 Å². The van der Waals surface area contributed by atoms with E-state index in [4.69, 9.17) is 0 Å². The van der Waals surface area contributed by atoms with E-state index in [1.807, 2.05) is 0 Å². The highest BCUT2D eigenvalue weighted by Gasteiger charge is 2.48. The van der Waals surface area contributed by atoms with E-state index in [0.29, 0.717) is 64.7 Å². The Morgan fingerprint density at radius 3 is 1.70 bits per heavy atom. The fraction of sp³-hybridized carbons (Fsp3) is 0.857. The number of carbonyl (C=O) groups excluding carboxylic acids is 3. The van der Waals surface area contributed by atoms with Gasteiger partial charge < -0.3 is 10.6 Å². The zero-order valence-corrected chi connectivity index (χ0v) is 19.0. The second-order valence-corrected chi connectivity index (χ2v) is 9.80. The number of hydrogen-bond donors (Lipinski definition) is 5. The monoisotopic (exact) mass is 468 g/mol. The van der Waals surface area contributed by atoms with Crippen molar-refractivity contribution in [3.8, 4) is 0 Å². The topological polar surface area (TPSA) is 149 Å². The van der Waals surface area contributed by atoms with Crippen LogP contribution in [0.25, 0.3) is 0 Å². The van der Waals surface area contributed by atoms with Crippen LogP contribution in [0.5, 0.6) is 0 Å². The Morgan fingerprint density at radius 2 is 1.21 bits per heavy atom. The number of hydroxylamine groups is 6.